The molecule has 0 aliphatic carbocycles. The highest BCUT2D eigenvalue weighted by molar-refractivity contribution is 5.49. The third kappa shape index (κ3) is 3.48. The molecule has 0 saturated heterocycles. The molecule has 1 aliphatic heterocycles. The van der Waals surface area contributed by atoms with E-state index >= 15 is 0 Å². The first-order chi connectivity index (χ1) is 11.2. The molecule has 1 N–H and O–H groups in total. The van der Waals surface area contributed by atoms with Gasteiger partial charge in [0.1, 0.15) is 5.82 Å². The van der Waals surface area contributed by atoms with Crippen LogP contribution >= 0.6 is 0 Å². The summed E-state index contributed by atoms with van der Waals surface area (Å²) in [5.74, 6) is 1.36. The fourth-order valence-corrected chi connectivity index (χ4v) is 3.19. The van der Waals surface area contributed by atoms with E-state index in [1.807, 2.05) is 12.1 Å². The van der Waals surface area contributed by atoms with Gasteiger partial charge in [-0.25, -0.2) is 4.39 Å². The molecule has 3 rings (SSSR count). The van der Waals surface area contributed by atoms with Gasteiger partial charge in [-0.05, 0) is 66.8 Å². The van der Waals surface area contributed by atoms with Gasteiger partial charge in [0.2, 0.25) is 0 Å². The van der Waals surface area contributed by atoms with Crippen LogP contribution in [0.3, 0.4) is 0 Å². The van der Waals surface area contributed by atoms with Gasteiger partial charge in [0.05, 0.1) is 14.2 Å². The minimum Gasteiger partial charge on any atom is -0.493 e. The van der Waals surface area contributed by atoms with Crippen LogP contribution in [0.15, 0.2) is 36.4 Å². The predicted octanol–water partition coefficient (Wildman–Crippen LogP) is 3.66. The van der Waals surface area contributed by atoms with Gasteiger partial charge in [0, 0.05) is 6.04 Å². The molecule has 23 heavy (non-hydrogen) atoms. The van der Waals surface area contributed by atoms with Gasteiger partial charge in [-0.15, -0.1) is 0 Å². The summed E-state index contributed by atoms with van der Waals surface area (Å²) in [5, 5.41) is 3.58. The molecule has 0 unspecified atom stereocenters. The van der Waals surface area contributed by atoms with Crippen LogP contribution in [-0.4, -0.2) is 20.8 Å². The van der Waals surface area contributed by atoms with Crippen molar-refractivity contribution in [2.75, 3.05) is 20.8 Å². The third-order valence-electron chi connectivity index (χ3n) is 4.44. The zero-order valence-electron chi connectivity index (χ0n) is 13.6. The summed E-state index contributed by atoms with van der Waals surface area (Å²) in [7, 11) is 3.32. The van der Waals surface area contributed by atoms with E-state index in [0.29, 0.717) is 0 Å². The highest BCUT2D eigenvalue weighted by Gasteiger charge is 2.22. The molecule has 2 aromatic rings. The first kappa shape index (κ1) is 15.8. The molecular weight excluding hydrogens is 293 g/mol. The number of rotatable bonds is 5. The van der Waals surface area contributed by atoms with E-state index in [4.69, 9.17) is 9.47 Å². The van der Waals surface area contributed by atoms with E-state index in [1.165, 1.54) is 23.3 Å². The molecule has 0 aromatic heterocycles. The smallest absolute Gasteiger partial charge is 0.161 e. The van der Waals surface area contributed by atoms with Crippen molar-refractivity contribution in [3.63, 3.8) is 0 Å². The summed E-state index contributed by atoms with van der Waals surface area (Å²) in [6, 6.07) is 11.2. The molecular formula is C19H22FNO2. The lowest BCUT2D eigenvalue weighted by atomic mass is 9.90. The van der Waals surface area contributed by atoms with E-state index < -0.39 is 0 Å². The van der Waals surface area contributed by atoms with Gasteiger partial charge in [0.15, 0.2) is 11.5 Å². The van der Waals surface area contributed by atoms with Crippen LogP contribution in [0, 0.1) is 5.82 Å². The Morgan fingerprint density at radius 2 is 1.78 bits per heavy atom. The van der Waals surface area contributed by atoms with Crippen molar-refractivity contribution in [3.8, 4) is 11.5 Å². The van der Waals surface area contributed by atoms with Gasteiger partial charge >= 0.3 is 0 Å². The number of benzene rings is 2. The van der Waals surface area contributed by atoms with E-state index in [-0.39, 0.29) is 11.9 Å². The zero-order valence-corrected chi connectivity index (χ0v) is 13.6. The van der Waals surface area contributed by atoms with Crippen molar-refractivity contribution in [1.82, 2.24) is 5.32 Å². The lowest BCUT2D eigenvalue weighted by Gasteiger charge is -2.28. The Labute approximate surface area is 136 Å². The van der Waals surface area contributed by atoms with Crippen molar-refractivity contribution in [2.24, 2.45) is 0 Å². The summed E-state index contributed by atoms with van der Waals surface area (Å²) < 4.78 is 23.8. The second-order valence-corrected chi connectivity index (χ2v) is 5.83. The van der Waals surface area contributed by atoms with Gasteiger partial charge < -0.3 is 14.8 Å². The van der Waals surface area contributed by atoms with Crippen LogP contribution in [0.25, 0.3) is 0 Å². The normalized spacial score (nSPS) is 16.7. The average Bonchev–Trinajstić information content (AvgIpc) is 2.60. The summed E-state index contributed by atoms with van der Waals surface area (Å²) in [6.07, 6.45) is 2.86. The van der Waals surface area contributed by atoms with Gasteiger partial charge in [-0.1, -0.05) is 12.1 Å². The molecule has 4 heteroatoms. The Balaban J connectivity index is 1.79. The number of aryl methyl sites for hydroxylation is 1. The third-order valence-corrected chi connectivity index (χ3v) is 4.44. The van der Waals surface area contributed by atoms with Crippen LogP contribution in [-0.2, 0) is 12.8 Å². The SMILES string of the molecule is COc1cc2c(cc1OC)[C@H](CCc1ccc(F)cc1)NCC2. The van der Waals surface area contributed by atoms with E-state index in [2.05, 4.69) is 17.4 Å². The molecule has 0 bridgehead atoms. The number of nitrogens with one attached hydrogen (secondary N) is 1. The maximum absolute atomic E-state index is 13.0. The Kier molecular flexibility index (Phi) is 4.82. The highest BCUT2D eigenvalue weighted by Crippen LogP contribution is 2.36. The van der Waals surface area contributed by atoms with Crippen molar-refractivity contribution >= 4 is 0 Å². The summed E-state index contributed by atoms with van der Waals surface area (Å²) >= 11 is 0. The quantitative estimate of drug-likeness (QED) is 0.913. The number of fused-ring (bicyclic) bond motifs is 1. The zero-order chi connectivity index (χ0) is 16.2. The minimum absolute atomic E-state index is 0.188. The minimum atomic E-state index is -0.188. The van der Waals surface area contributed by atoms with Crippen LogP contribution in [0.1, 0.15) is 29.2 Å². The van der Waals surface area contributed by atoms with Gasteiger partial charge in [-0.3, -0.25) is 0 Å². The molecule has 122 valence electrons. The first-order valence-corrected chi connectivity index (χ1v) is 7.94. The van der Waals surface area contributed by atoms with E-state index in [1.54, 1.807) is 14.2 Å². The molecule has 0 saturated carbocycles. The lowest BCUT2D eigenvalue weighted by molar-refractivity contribution is 0.351. The Morgan fingerprint density at radius 3 is 2.48 bits per heavy atom. The average molecular weight is 315 g/mol. The molecule has 0 radical (unpaired) electrons. The van der Waals surface area contributed by atoms with E-state index in [0.717, 1.165) is 42.9 Å². The van der Waals surface area contributed by atoms with Crippen LogP contribution in [0.4, 0.5) is 4.39 Å². The topological polar surface area (TPSA) is 30.5 Å². The van der Waals surface area contributed by atoms with Crippen molar-refractivity contribution in [3.05, 3.63) is 58.9 Å². The largest absolute Gasteiger partial charge is 0.493 e. The predicted molar refractivity (Wildman–Crippen MR) is 88.7 cm³/mol. The highest BCUT2D eigenvalue weighted by atomic mass is 19.1. The Morgan fingerprint density at radius 1 is 1.09 bits per heavy atom. The van der Waals surface area contributed by atoms with E-state index in [9.17, 15) is 4.39 Å². The molecule has 2 aromatic carbocycles. The maximum Gasteiger partial charge on any atom is 0.161 e. The summed E-state index contributed by atoms with van der Waals surface area (Å²) in [6.45, 7) is 0.955. The molecule has 0 amide bonds. The standard InChI is InChI=1S/C19H22FNO2/c1-22-18-11-14-9-10-21-17(16(14)12-19(18)23-2)8-5-13-3-6-15(20)7-4-13/h3-4,6-7,11-12,17,21H,5,8-10H2,1-2H3/t17-/m0/s1. The van der Waals surface area contributed by atoms with Gasteiger partial charge in [0.25, 0.3) is 0 Å². The Hall–Kier alpha value is -2.07. The van der Waals surface area contributed by atoms with Crippen LogP contribution in [0.5, 0.6) is 11.5 Å². The summed E-state index contributed by atoms with van der Waals surface area (Å²) in [5.41, 5.74) is 3.74. The molecule has 1 aliphatic rings. The van der Waals surface area contributed by atoms with Crippen molar-refractivity contribution < 1.29 is 13.9 Å². The molecule has 3 nitrogen and oxygen atoms in total. The second-order valence-electron chi connectivity index (χ2n) is 5.83. The van der Waals surface area contributed by atoms with Crippen LogP contribution in [0.2, 0.25) is 0 Å². The summed E-state index contributed by atoms with van der Waals surface area (Å²) in [4.78, 5) is 0. The molecule has 1 atom stereocenters. The van der Waals surface area contributed by atoms with Crippen LogP contribution < -0.4 is 14.8 Å². The fourth-order valence-electron chi connectivity index (χ4n) is 3.19. The van der Waals surface area contributed by atoms with Crippen molar-refractivity contribution in [2.45, 2.75) is 25.3 Å². The molecule has 0 fully saturated rings. The number of hydrogen-bond donors (Lipinski definition) is 1. The second kappa shape index (κ2) is 7.01. The number of methoxy groups -OCH3 is 2. The first-order valence-electron chi connectivity index (χ1n) is 7.94. The number of hydrogen-bond acceptors (Lipinski definition) is 3. The Bertz CT molecular complexity index is 670. The molecule has 1 heterocycles. The number of ether oxygens (including phenoxy) is 2. The lowest BCUT2D eigenvalue weighted by Crippen LogP contribution is -2.30. The number of halogens is 1. The monoisotopic (exact) mass is 315 g/mol. The van der Waals surface area contributed by atoms with Gasteiger partial charge in [-0.2, -0.15) is 0 Å². The molecule has 0 spiro atoms. The van der Waals surface area contributed by atoms with Crippen molar-refractivity contribution in [1.29, 1.82) is 0 Å². The maximum atomic E-state index is 13.0. The fraction of sp³-hybridized carbons (Fsp3) is 0.368.